The molecule has 0 aliphatic heterocycles. The first-order chi connectivity index (χ1) is 9.45. The third kappa shape index (κ3) is 5.06. The predicted octanol–water partition coefficient (Wildman–Crippen LogP) is 2.59. The summed E-state index contributed by atoms with van der Waals surface area (Å²) in [6, 6.07) is 6.02. The van der Waals surface area contributed by atoms with Crippen LogP contribution < -0.4 is 11.1 Å². The van der Waals surface area contributed by atoms with Gasteiger partial charge in [-0.15, -0.1) is 0 Å². The van der Waals surface area contributed by atoms with E-state index in [1.54, 1.807) is 6.07 Å². The summed E-state index contributed by atoms with van der Waals surface area (Å²) in [6.45, 7) is 4.46. The fourth-order valence-corrected chi connectivity index (χ4v) is 2.51. The molecule has 5 heteroatoms. The van der Waals surface area contributed by atoms with Crippen LogP contribution in [0, 0.1) is 6.92 Å². The number of thioether (sulfide) groups is 1. The summed E-state index contributed by atoms with van der Waals surface area (Å²) < 4.78 is 0. The van der Waals surface area contributed by atoms with E-state index in [9.17, 15) is 4.79 Å². The molecule has 1 aromatic rings. The second kappa shape index (κ2) is 8.17. The van der Waals surface area contributed by atoms with E-state index in [1.165, 1.54) is 0 Å². The number of amides is 1. The fraction of sp³-hybridized carbons (Fsp3) is 0.533. The van der Waals surface area contributed by atoms with Crippen LogP contribution in [0.15, 0.2) is 18.2 Å². The van der Waals surface area contributed by atoms with Crippen LogP contribution in [0.25, 0.3) is 0 Å². The Morgan fingerprint density at radius 2 is 2.20 bits per heavy atom. The Balaban J connectivity index is 2.55. The van der Waals surface area contributed by atoms with E-state index in [0.29, 0.717) is 18.3 Å². The van der Waals surface area contributed by atoms with Crippen LogP contribution in [0.4, 0.5) is 11.4 Å². The first kappa shape index (κ1) is 16.9. The van der Waals surface area contributed by atoms with Gasteiger partial charge in [0.25, 0.3) is 0 Å². The van der Waals surface area contributed by atoms with E-state index in [2.05, 4.69) is 23.4 Å². The van der Waals surface area contributed by atoms with Gasteiger partial charge in [0.15, 0.2) is 0 Å². The SMILES string of the molecule is CSCCC(C)N(C)CC(=O)Nc1c(C)cccc1N. The number of benzene rings is 1. The fourth-order valence-electron chi connectivity index (χ4n) is 1.93. The predicted molar refractivity (Wildman–Crippen MR) is 89.3 cm³/mol. The highest BCUT2D eigenvalue weighted by Gasteiger charge is 2.14. The van der Waals surface area contributed by atoms with Gasteiger partial charge < -0.3 is 11.1 Å². The number of aryl methyl sites for hydroxylation is 1. The van der Waals surface area contributed by atoms with Gasteiger partial charge in [-0.2, -0.15) is 11.8 Å². The minimum atomic E-state index is -0.0236. The van der Waals surface area contributed by atoms with Crippen LogP contribution in [-0.4, -0.2) is 42.4 Å². The number of carbonyl (C=O) groups excluding carboxylic acids is 1. The molecule has 1 rings (SSSR count). The summed E-state index contributed by atoms with van der Waals surface area (Å²) in [7, 11) is 1.98. The standard InChI is InChI=1S/C15H25N3OS/c1-11-6-5-7-13(16)15(11)17-14(19)10-18(3)12(2)8-9-20-4/h5-7,12H,8-10,16H2,1-4H3,(H,17,19). The number of nitrogens with zero attached hydrogens (tertiary/aromatic N) is 1. The van der Waals surface area contributed by atoms with Crippen LogP contribution in [-0.2, 0) is 4.79 Å². The zero-order valence-corrected chi connectivity index (χ0v) is 13.6. The maximum Gasteiger partial charge on any atom is 0.238 e. The van der Waals surface area contributed by atoms with E-state index < -0.39 is 0 Å². The van der Waals surface area contributed by atoms with Crippen molar-refractivity contribution in [1.82, 2.24) is 4.90 Å². The minimum Gasteiger partial charge on any atom is -0.397 e. The Kier molecular flexibility index (Phi) is 6.88. The van der Waals surface area contributed by atoms with Gasteiger partial charge >= 0.3 is 0 Å². The average Bonchev–Trinajstić information content (AvgIpc) is 2.40. The van der Waals surface area contributed by atoms with Gasteiger partial charge in [-0.1, -0.05) is 12.1 Å². The third-order valence-corrected chi connectivity index (χ3v) is 4.10. The van der Waals surface area contributed by atoms with Crippen molar-refractivity contribution in [3.05, 3.63) is 23.8 Å². The number of rotatable bonds is 7. The second-order valence-electron chi connectivity index (χ2n) is 5.13. The van der Waals surface area contributed by atoms with Gasteiger partial charge in [-0.25, -0.2) is 0 Å². The number of anilines is 2. The summed E-state index contributed by atoms with van der Waals surface area (Å²) in [6.07, 6.45) is 3.18. The summed E-state index contributed by atoms with van der Waals surface area (Å²) in [5.41, 5.74) is 8.21. The molecule has 0 spiro atoms. The van der Waals surface area contributed by atoms with Crippen LogP contribution in [0.1, 0.15) is 18.9 Å². The molecule has 3 N–H and O–H groups in total. The molecule has 0 fully saturated rings. The Hall–Kier alpha value is -1.20. The molecule has 0 aliphatic rings. The lowest BCUT2D eigenvalue weighted by molar-refractivity contribution is -0.117. The van der Waals surface area contributed by atoms with E-state index in [4.69, 9.17) is 5.73 Å². The quantitative estimate of drug-likeness (QED) is 0.759. The number of nitrogens with two attached hydrogens (primary N) is 1. The van der Waals surface area contributed by atoms with Crippen molar-refractivity contribution in [3.63, 3.8) is 0 Å². The van der Waals surface area contributed by atoms with Crippen LogP contribution in [0.5, 0.6) is 0 Å². The van der Waals surface area contributed by atoms with Crippen LogP contribution in [0.2, 0.25) is 0 Å². The van der Waals surface area contributed by atoms with E-state index in [0.717, 1.165) is 23.4 Å². The Morgan fingerprint density at radius 3 is 2.80 bits per heavy atom. The van der Waals surface area contributed by atoms with Crippen molar-refractivity contribution in [2.45, 2.75) is 26.3 Å². The summed E-state index contributed by atoms with van der Waals surface area (Å²) in [5, 5.41) is 2.91. The number of para-hydroxylation sites is 1. The number of nitrogens with one attached hydrogen (secondary N) is 1. The Bertz CT molecular complexity index is 430. The number of nitrogen functional groups attached to an aromatic ring is 1. The first-order valence-corrected chi connectivity index (χ1v) is 8.19. The van der Waals surface area contributed by atoms with Crippen molar-refractivity contribution in [3.8, 4) is 0 Å². The molecule has 1 amide bonds. The number of carbonyl (C=O) groups is 1. The number of likely N-dealkylation sites (N-methyl/N-ethyl adjacent to an activating group) is 1. The van der Waals surface area contributed by atoms with E-state index in [-0.39, 0.29) is 5.91 Å². The minimum absolute atomic E-state index is 0.0236. The molecular weight excluding hydrogens is 270 g/mol. The van der Waals surface area contributed by atoms with Gasteiger partial charge in [0, 0.05) is 6.04 Å². The molecule has 1 unspecified atom stereocenters. The highest BCUT2D eigenvalue weighted by molar-refractivity contribution is 7.98. The van der Waals surface area contributed by atoms with E-state index in [1.807, 2.05) is 37.9 Å². The van der Waals surface area contributed by atoms with Crippen molar-refractivity contribution < 1.29 is 4.79 Å². The molecule has 0 saturated heterocycles. The summed E-state index contributed by atoms with van der Waals surface area (Å²) in [5.74, 6) is 1.09. The normalized spacial score (nSPS) is 12.4. The van der Waals surface area contributed by atoms with Crippen molar-refractivity contribution in [1.29, 1.82) is 0 Å². The third-order valence-electron chi connectivity index (χ3n) is 3.45. The van der Waals surface area contributed by atoms with Crippen LogP contribution in [0.3, 0.4) is 0 Å². The lowest BCUT2D eigenvalue weighted by Gasteiger charge is -2.24. The summed E-state index contributed by atoms with van der Waals surface area (Å²) in [4.78, 5) is 14.2. The Morgan fingerprint density at radius 1 is 1.50 bits per heavy atom. The van der Waals surface area contributed by atoms with Gasteiger partial charge in [0.05, 0.1) is 17.9 Å². The van der Waals surface area contributed by atoms with Crippen molar-refractivity contribution in [2.75, 3.05) is 36.7 Å². The molecule has 0 radical (unpaired) electrons. The molecule has 0 aliphatic carbocycles. The summed E-state index contributed by atoms with van der Waals surface area (Å²) >= 11 is 1.83. The molecule has 0 saturated carbocycles. The number of hydrogen-bond acceptors (Lipinski definition) is 4. The first-order valence-electron chi connectivity index (χ1n) is 6.79. The molecule has 4 nitrogen and oxygen atoms in total. The molecule has 112 valence electrons. The average molecular weight is 295 g/mol. The smallest absolute Gasteiger partial charge is 0.238 e. The zero-order chi connectivity index (χ0) is 15.1. The van der Waals surface area contributed by atoms with Gasteiger partial charge in [-0.05, 0) is 51.0 Å². The molecule has 0 aromatic heterocycles. The van der Waals surface area contributed by atoms with E-state index >= 15 is 0 Å². The Labute approximate surface area is 126 Å². The second-order valence-corrected chi connectivity index (χ2v) is 6.12. The zero-order valence-electron chi connectivity index (χ0n) is 12.8. The van der Waals surface area contributed by atoms with Crippen molar-refractivity contribution >= 4 is 29.0 Å². The van der Waals surface area contributed by atoms with Crippen molar-refractivity contribution in [2.24, 2.45) is 0 Å². The highest BCUT2D eigenvalue weighted by atomic mass is 32.2. The highest BCUT2D eigenvalue weighted by Crippen LogP contribution is 2.22. The largest absolute Gasteiger partial charge is 0.397 e. The maximum atomic E-state index is 12.1. The molecular formula is C15H25N3OS. The lowest BCUT2D eigenvalue weighted by atomic mass is 10.1. The maximum absolute atomic E-state index is 12.1. The van der Waals surface area contributed by atoms with Gasteiger partial charge in [0.1, 0.15) is 0 Å². The molecule has 1 atom stereocenters. The molecule has 0 bridgehead atoms. The molecule has 20 heavy (non-hydrogen) atoms. The molecule has 1 aromatic carbocycles. The number of hydrogen-bond donors (Lipinski definition) is 2. The molecule has 0 heterocycles. The monoisotopic (exact) mass is 295 g/mol. The lowest BCUT2D eigenvalue weighted by Crippen LogP contribution is -2.36. The van der Waals surface area contributed by atoms with Gasteiger partial charge in [0.2, 0.25) is 5.91 Å². The van der Waals surface area contributed by atoms with Gasteiger partial charge in [-0.3, -0.25) is 9.69 Å². The topological polar surface area (TPSA) is 58.4 Å². The van der Waals surface area contributed by atoms with Crippen LogP contribution >= 0.6 is 11.8 Å².